The number of rotatable bonds is 8. The molecule has 1 saturated heterocycles. The highest BCUT2D eigenvalue weighted by molar-refractivity contribution is 5.83. The second-order valence-electron chi connectivity index (χ2n) is 5.71. The van der Waals surface area contributed by atoms with E-state index in [-0.39, 0.29) is 12.1 Å². The van der Waals surface area contributed by atoms with Gasteiger partial charge in [-0.15, -0.1) is 0 Å². The SMILES string of the molecule is CCN(CC)CCCC(C)NC(=O)N1CCC[C@H]1C(=O)O. The van der Waals surface area contributed by atoms with E-state index in [2.05, 4.69) is 24.1 Å². The fourth-order valence-electron chi connectivity index (χ4n) is 2.79. The Balaban J connectivity index is 2.32. The molecule has 2 atom stereocenters. The number of aliphatic carboxylic acids is 1. The normalized spacial score (nSPS) is 19.8. The zero-order valence-corrected chi connectivity index (χ0v) is 13.5. The quantitative estimate of drug-likeness (QED) is 0.716. The minimum atomic E-state index is -0.906. The van der Waals surface area contributed by atoms with Gasteiger partial charge >= 0.3 is 12.0 Å². The zero-order chi connectivity index (χ0) is 15.8. The van der Waals surface area contributed by atoms with E-state index < -0.39 is 12.0 Å². The third-order valence-corrected chi connectivity index (χ3v) is 4.17. The number of urea groups is 1. The number of nitrogens with zero attached hydrogens (tertiary/aromatic N) is 2. The number of likely N-dealkylation sites (tertiary alicyclic amines) is 1. The Morgan fingerprint density at radius 3 is 2.62 bits per heavy atom. The van der Waals surface area contributed by atoms with Crippen molar-refractivity contribution in [2.75, 3.05) is 26.2 Å². The van der Waals surface area contributed by atoms with E-state index in [0.29, 0.717) is 13.0 Å². The molecule has 21 heavy (non-hydrogen) atoms. The van der Waals surface area contributed by atoms with E-state index in [1.807, 2.05) is 6.92 Å². The van der Waals surface area contributed by atoms with Crippen molar-refractivity contribution in [2.45, 2.75) is 58.5 Å². The lowest BCUT2D eigenvalue weighted by Gasteiger charge is -2.25. The van der Waals surface area contributed by atoms with Crippen molar-refractivity contribution >= 4 is 12.0 Å². The molecule has 0 saturated carbocycles. The second-order valence-corrected chi connectivity index (χ2v) is 5.71. The Kier molecular flexibility index (Phi) is 7.50. The third kappa shape index (κ3) is 5.53. The Hall–Kier alpha value is -1.30. The second kappa shape index (κ2) is 8.87. The highest BCUT2D eigenvalue weighted by Crippen LogP contribution is 2.17. The van der Waals surface area contributed by atoms with E-state index in [4.69, 9.17) is 5.11 Å². The van der Waals surface area contributed by atoms with Gasteiger partial charge in [0, 0.05) is 12.6 Å². The molecule has 0 radical (unpaired) electrons. The molecular weight excluding hydrogens is 270 g/mol. The van der Waals surface area contributed by atoms with Gasteiger partial charge in [-0.1, -0.05) is 13.8 Å². The highest BCUT2D eigenvalue weighted by Gasteiger charge is 2.34. The van der Waals surface area contributed by atoms with Crippen molar-refractivity contribution in [2.24, 2.45) is 0 Å². The van der Waals surface area contributed by atoms with Crippen LogP contribution in [0.2, 0.25) is 0 Å². The van der Waals surface area contributed by atoms with Crippen LogP contribution in [0.1, 0.15) is 46.5 Å². The molecule has 0 bridgehead atoms. The fourth-order valence-corrected chi connectivity index (χ4v) is 2.79. The Bertz CT molecular complexity index is 345. The van der Waals surface area contributed by atoms with Crippen LogP contribution in [0, 0.1) is 0 Å². The minimum absolute atomic E-state index is 0.0723. The van der Waals surface area contributed by atoms with Crippen LogP contribution < -0.4 is 5.32 Å². The average Bonchev–Trinajstić information content (AvgIpc) is 2.93. The zero-order valence-electron chi connectivity index (χ0n) is 13.5. The summed E-state index contributed by atoms with van der Waals surface area (Å²) < 4.78 is 0. The Morgan fingerprint density at radius 2 is 2.05 bits per heavy atom. The topological polar surface area (TPSA) is 72.9 Å². The van der Waals surface area contributed by atoms with Gasteiger partial charge in [0.2, 0.25) is 0 Å². The lowest BCUT2D eigenvalue weighted by molar-refractivity contribution is -0.141. The van der Waals surface area contributed by atoms with Crippen LogP contribution >= 0.6 is 0 Å². The number of nitrogens with one attached hydrogen (secondary N) is 1. The van der Waals surface area contributed by atoms with Crippen molar-refractivity contribution in [3.63, 3.8) is 0 Å². The first-order valence-electron chi connectivity index (χ1n) is 8.01. The third-order valence-electron chi connectivity index (χ3n) is 4.17. The predicted molar refractivity (Wildman–Crippen MR) is 82.4 cm³/mol. The minimum Gasteiger partial charge on any atom is -0.480 e. The summed E-state index contributed by atoms with van der Waals surface area (Å²) in [4.78, 5) is 27.0. The van der Waals surface area contributed by atoms with E-state index in [9.17, 15) is 9.59 Å². The first-order chi connectivity index (χ1) is 9.99. The first-order valence-corrected chi connectivity index (χ1v) is 8.01. The first kappa shape index (κ1) is 17.8. The van der Waals surface area contributed by atoms with Crippen LogP contribution in [-0.4, -0.2) is 65.2 Å². The molecule has 0 aliphatic carbocycles. The largest absolute Gasteiger partial charge is 0.480 e. The summed E-state index contributed by atoms with van der Waals surface area (Å²) in [5, 5.41) is 12.0. The Morgan fingerprint density at radius 1 is 1.38 bits per heavy atom. The molecule has 6 heteroatoms. The van der Waals surface area contributed by atoms with Gasteiger partial charge in [0.05, 0.1) is 0 Å². The van der Waals surface area contributed by atoms with Crippen LogP contribution in [-0.2, 0) is 4.79 Å². The monoisotopic (exact) mass is 299 g/mol. The molecule has 0 aromatic carbocycles. The maximum absolute atomic E-state index is 12.1. The average molecular weight is 299 g/mol. The van der Waals surface area contributed by atoms with Crippen LogP contribution in [0.25, 0.3) is 0 Å². The van der Waals surface area contributed by atoms with Crippen molar-refractivity contribution < 1.29 is 14.7 Å². The molecule has 6 nitrogen and oxygen atoms in total. The predicted octanol–water partition coefficient (Wildman–Crippen LogP) is 1.76. The molecule has 1 aliphatic heterocycles. The smallest absolute Gasteiger partial charge is 0.326 e. The number of amides is 2. The van der Waals surface area contributed by atoms with Gasteiger partial charge in [-0.2, -0.15) is 0 Å². The number of carboxylic acids is 1. The molecule has 2 amide bonds. The summed E-state index contributed by atoms with van der Waals surface area (Å²) in [7, 11) is 0. The van der Waals surface area contributed by atoms with Gasteiger partial charge < -0.3 is 20.2 Å². The standard InChI is InChI=1S/C15H29N3O3/c1-4-17(5-2)10-6-8-12(3)16-15(21)18-11-7-9-13(18)14(19)20/h12-13H,4-11H2,1-3H3,(H,16,21)(H,19,20)/t12?,13-/m0/s1. The van der Waals surface area contributed by atoms with E-state index in [1.54, 1.807) is 0 Å². The molecule has 1 unspecified atom stereocenters. The van der Waals surface area contributed by atoms with Crippen LogP contribution in [0.3, 0.4) is 0 Å². The summed E-state index contributed by atoms with van der Waals surface area (Å²) in [5.74, 6) is -0.906. The number of hydrogen-bond donors (Lipinski definition) is 2. The number of carboxylic acid groups (broad SMARTS) is 1. The van der Waals surface area contributed by atoms with Crippen LogP contribution in [0.15, 0.2) is 0 Å². The molecule has 0 aromatic rings. The van der Waals surface area contributed by atoms with Crippen molar-refractivity contribution in [3.05, 3.63) is 0 Å². The van der Waals surface area contributed by atoms with Crippen molar-refractivity contribution in [3.8, 4) is 0 Å². The molecule has 1 rings (SSSR count). The molecule has 0 aromatic heterocycles. The maximum Gasteiger partial charge on any atom is 0.326 e. The molecular formula is C15H29N3O3. The van der Waals surface area contributed by atoms with Crippen molar-refractivity contribution in [1.82, 2.24) is 15.1 Å². The van der Waals surface area contributed by atoms with Crippen LogP contribution in [0.4, 0.5) is 4.79 Å². The molecule has 1 fully saturated rings. The van der Waals surface area contributed by atoms with E-state index >= 15 is 0 Å². The maximum atomic E-state index is 12.1. The van der Waals surface area contributed by atoms with Gasteiger partial charge in [-0.05, 0) is 52.2 Å². The molecule has 122 valence electrons. The number of hydrogen-bond acceptors (Lipinski definition) is 3. The molecule has 1 heterocycles. The number of carbonyl (C=O) groups is 2. The number of carbonyl (C=O) groups excluding carboxylic acids is 1. The lowest BCUT2D eigenvalue weighted by Crippen LogP contribution is -2.48. The molecule has 0 spiro atoms. The van der Waals surface area contributed by atoms with Crippen LogP contribution in [0.5, 0.6) is 0 Å². The molecule has 1 aliphatic rings. The van der Waals surface area contributed by atoms with Gasteiger partial charge in [0.15, 0.2) is 0 Å². The van der Waals surface area contributed by atoms with Gasteiger partial charge in [-0.3, -0.25) is 0 Å². The van der Waals surface area contributed by atoms with E-state index in [1.165, 1.54) is 4.90 Å². The van der Waals surface area contributed by atoms with Crippen molar-refractivity contribution in [1.29, 1.82) is 0 Å². The summed E-state index contributed by atoms with van der Waals surface area (Å²) in [5.41, 5.74) is 0. The van der Waals surface area contributed by atoms with Gasteiger partial charge in [0.25, 0.3) is 0 Å². The molecule has 2 N–H and O–H groups in total. The summed E-state index contributed by atoms with van der Waals surface area (Å²) in [6.07, 6.45) is 3.26. The highest BCUT2D eigenvalue weighted by atomic mass is 16.4. The summed E-state index contributed by atoms with van der Waals surface area (Å²) >= 11 is 0. The Labute approximate surface area is 127 Å². The van der Waals surface area contributed by atoms with Gasteiger partial charge in [0.1, 0.15) is 6.04 Å². The van der Waals surface area contributed by atoms with E-state index in [0.717, 1.165) is 38.9 Å². The lowest BCUT2D eigenvalue weighted by atomic mass is 10.1. The van der Waals surface area contributed by atoms with Gasteiger partial charge in [-0.25, -0.2) is 9.59 Å². The fraction of sp³-hybridized carbons (Fsp3) is 0.867. The summed E-state index contributed by atoms with van der Waals surface area (Å²) in [6.45, 7) is 9.94. The summed E-state index contributed by atoms with van der Waals surface area (Å²) in [6, 6.07) is -0.828.